The van der Waals surface area contributed by atoms with Gasteiger partial charge in [0, 0.05) is 22.1 Å². The quantitative estimate of drug-likeness (QED) is 0.176. The summed E-state index contributed by atoms with van der Waals surface area (Å²) in [6.07, 6.45) is 0. The second kappa shape index (κ2) is 12.5. The number of anilines is 3. The molecule has 0 atom stereocenters. The van der Waals surface area contributed by atoms with E-state index < -0.39 is 0 Å². The van der Waals surface area contributed by atoms with E-state index in [4.69, 9.17) is 4.42 Å². The van der Waals surface area contributed by atoms with Gasteiger partial charge in [-0.1, -0.05) is 158 Å². The molecule has 0 aliphatic rings. The summed E-state index contributed by atoms with van der Waals surface area (Å²) < 4.78 is 6.80. The van der Waals surface area contributed by atoms with Gasteiger partial charge >= 0.3 is 0 Å². The molecule has 10 rings (SSSR count). The molecule has 0 N–H and O–H groups in total. The minimum atomic E-state index is 0.859. The highest BCUT2D eigenvalue weighted by molar-refractivity contribution is 6.16. The first-order valence-electron chi connectivity index (χ1n) is 17.8. The van der Waals surface area contributed by atoms with Gasteiger partial charge in [0.25, 0.3) is 0 Å². The standard InChI is InChI=1S/C50H33NO/c1-2-12-37(13-3-1)45-19-10-22-48-49(45)46-20-9-21-47(50(46)52-48)51(41-29-25-35(26-30-41)40-24-23-34-11-4-5-15-39(34)33-40)42-31-27-38(28-32-42)44-18-8-16-36-14-6-7-17-43(36)44/h1-33H. The molecule has 0 unspecified atom stereocenters. The maximum atomic E-state index is 6.80. The number of nitrogens with zero attached hydrogens (tertiary/aromatic N) is 1. The van der Waals surface area contributed by atoms with E-state index >= 15 is 0 Å². The lowest BCUT2D eigenvalue weighted by Gasteiger charge is -2.26. The van der Waals surface area contributed by atoms with E-state index in [1.165, 1.54) is 54.9 Å². The molecule has 0 fully saturated rings. The van der Waals surface area contributed by atoms with Crippen LogP contribution in [-0.4, -0.2) is 0 Å². The van der Waals surface area contributed by atoms with Crippen molar-refractivity contribution in [2.75, 3.05) is 4.90 Å². The maximum absolute atomic E-state index is 6.80. The third-order valence-corrected chi connectivity index (χ3v) is 10.3. The lowest BCUT2D eigenvalue weighted by Crippen LogP contribution is -2.10. The Morgan fingerprint density at radius 3 is 1.73 bits per heavy atom. The number of rotatable bonds is 6. The predicted octanol–water partition coefficient (Wildman–Crippen LogP) is 14.4. The van der Waals surface area contributed by atoms with Crippen LogP contribution in [0, 0.1) is 0 Å². The Morgan fingerprint density at radius 2 is 0.923 bits per heavy atom. The second-order valence-electron chi connectivity index (χ2n) is 13.3. The summed E-state index contributed by atoms with van der Waals surface area (Å²) in [7, 11) is 0. The van der Waals surface area contributed by atoms with Crippen LogP contribution in [-0.2, 0) is 0 Å². The smallest absolute Gasteiger partial charge is 0.159 e. The van der Waals surface area contributed by atoms with Crippen molar-refractivity contribution in [2.45, 2.75) is 0 Å². The molecule has 1 aromatic heterocycles. The van der Waals surface area contributed by atoms with Gasteiger partial charge in [0.15, 0.2) is 5.58 Å². The topological polar surface area (TPSA) is 16.4 Å². The van der Waals surface area contributed by atoms with Gasteiger partial charge in [-0.05, 0) is 97.4 Å². The molecule has 52 heavy (non-hydrogen) atoms. The fraction of sp³-hybridized carbons (Fsp3) is 0. The van der Waals surface area contributed by atoms with Crippen molar-refractivity contribution in [3.8, 4) is 33.4 Å². The molecule has 0 saturated heterocycles. The van der Waals surface area contributed by atoms with Gasteiger partial charge in [-0.25, -0.2) is 0 Å². The summed E-state index contributed by atoms with van der Waals surface area (Å²) in [6.45, 7) is 0. The lowest BCUT2D eigenvalue weighted by atomic mass is 9.97. The molecular weight excluding hydrogens is 631 g/mol. The van der Waals surface area contributed by atoms with Crippen molar-refractivity contribution in [3.63, 3.8) is 0 Å². The van der Waals surface area contributed by atoms with Gasteiger partial charge in [-0.2, -0.15) is 0 Å². The summed E-state index contributed by atoms with van der Waals surface area (Å²) in [5.74, 6) is 0. The van der Waals surface area contributed by atoms with E-state index in [0.717, 1.165) is 39.0 Å². The monoisotopic (exact) mass is 663 g/mol. The highest BCUT2D eigenvalue weighted by Crippen LogP contribution is 2.45. The fourth-order valence-electron chi connectivity index (χ4n) is 7.73. The van der Waals surface area contributed by atoms with Crippen LogP contribution < -0.4 is 4.90 Å². The SMILES string of the molecule is c1ccc(-c2cccc3oc4c(N(c5ccc(-c6ccc7ccccc7c6)cc5)c5ccc(-c6cccc7ccccc67)cc5)cccc4c23)cc1. The van der Waals surface area contributed by atoms with Gasteiger partial charge in [-0.15, -0.1) is 0 Å². The van der Waals surface area contributed by atoms with Gasteiger partial charge in [0.2, 0.25) is 0 Å². The molecule has 244 valence electrons. The highest BCUT2D eigenvalue weighted by atomic mass is 16.3. The van der Waals surface area contributed by atoms with Crippen molar-refractivity contribution < 1.29 is 4.42 Å². The van der Waals surface area contributed by atoms with E-state index in [0.29, 0.717) is 0 Å². The summed E-state index contributed by atoms with van der Waals surface area (Å²) in [5.41, 5.74) is 12.0. The third-order valence-electron chi connectivity index (χ3n) is 10.3. The molecular formula is C50H33NO. The third kappa shape index (κ3) is 5.12. The number of furan rings is 1. The van der Waals surface area contributed by atoms with E-state index in [9.17, 15) is 0 Å². The van der Waals surface area contributed by atoms with E-state index in [1.54, 1.807) is 0 Å². The Labute approximate surface area is 302 Å². The normalized spacial score (nSPS) is 11.5. The Morgan fingerprint density at radius 1 is 0.346 bits per heavy atom. The number of benzene rings is 9. The van der Waals surface area contributed by atoms with Crippen molar-refractivity contribution in [3.05, 3.63) is 200 Å². The van der Waals surface area contributed by atoms with Crippen LogP contribution in [0.1, 0.15) is 0 Å². The number of hydrogen-bond acceptors (Lipinski definition) is 2. The van der Waals surface area contributed by atoms with E-state index in [2.05, 4.69) is 205 Å². The first-order valence-corrected chi connectivity index (χ1v) is 17.8. The van der Waals surface area contributed by atoms with Gasteiger partial charge in [0.1, 0.15) is 5.58 Å². The maximum Gasteiger partial charge on any atom is 0.159 e. The molecule has 0 saturated carbocycles. The minimum absolute atomic E-state index is 0.859. The van der Waals surface area contributed by atoms with Crippen LogP contribution in [0.3, 0.4) is 0 Å². The van der Waals surface area contributed by atoms with E-state index in [1.807, 2.05) is 0 Å². The van der Waals surface area contributed by atoms with Gasteiger partial charge in [0.05, 0.1) is 5.69 Å². The first-order chi connectivity index (χ1) is 25.8. The molecule has 0 amide bonds. The molecule has 0 bridgehead atoms. The van der Waals surface area contributed by atoms with Crippen LogP contribution >= 0.6 is 0 Å². The highest BCUT2D eigenvalue weighted by Gasteiger charge is 2.21. The van der Waals surface area contributed by atoms with Crippen molar-refractivity contribution >= 4 is 60.5 Å². The van der Waals surface area contributed by atoms with Crippen LogP contribution in [0.25, 0.3) is 76.9 Å². The zero-order chi connectivity index (χ0) is 34.4. The van der Waals surface area contributed by atoms with Crippen LogP contribution in [0.15, 0.2) is 205 Å². The summed E-state index contributed by atoms with van der Waals surface area (Å²) >= 11 is 0. The molecule has 0 aliphatic carbocycles. The molecule has 0 spiro atoms. The largest absolute Gasteiger partial charge is 0.454 e. The van der Waals surface area contributed by atoms with Gasteiger partial charge in [-0.3, -0.25) is 0 Å². The Bertz CT molecular complexity index is 2880. The zero-order valence-electron chi connectivity index (χ0n) is 28.4. The first kappa shape index (κ1) is 30.0. The molecule has 9 aromatic carbocycles. The summed E-state index contributed by atoms with van der Waals surface area (Å²) in [4.78, 5) is 2.32. The van der Waals surface area contributed by atoms with Crippen molar-refractivity contribution in [1.29, 1.82) is 0 Å². The predicted molar refractivity (Wildman–Crippen MR) is 220 cm³/mol. The van der Waals surface area contributed by atoms with E-state index in [-0.39, 0.29) is 0 Å². The lowest BCUT2D eigenvalue weighted by molar-refractivity contribution is 0.669. The van der Waals surface area contributed by atoms with Crippen LogP contribution in [0.4, 0.5) is 17.1 Å². The molecule has 0 radical (unpaired) electrons. The van der Waals surface area contributed by atoms with Crippen LogP contribution in [0.2, 0.25) is 0 Å². The Kier molecular flexibility index (Phi) is 7.18. The summed E-state index contributed by atoms with van der Waals surface area (Å²) in [6, 6.07) is 71.6. The molecule has 2 nitrogen and oxygen atoms in total. The Hall–Kier alpha value is -6.90. The molecule has 2 heteroatoms. The number of fused-ring (bicyclic) bond motifs is 5. The molecule has 10 aromatic rings. The van der Waals surface area contributed by atoms with Crippen molar-refractivity contribution in [2.24, 2.45) is 0 Å². The molecule has 0 aliphatic heterocycles. The second-order valence-corrected chi connectivity index (χ2v) is 13.3. The van der Waals surface area contributed by atoms with Crippen LogP contribution in [0.5, 0.6) is 0 Å². The number of para-hydroxylation sites is 1. The average Bonchev–Trinajstić information content (AvgIpc) is 3.61. The molecule has 1 heterocycles. The average molecular weight is 664 g/mol. The van der Waals surface area contributed by atoms with Gasteiger partial charge < -0.3 is 9.32 Å². The number of hydrogen-bond donors (Lipinski definition) is 0. The zero-order valence-corrected chi connectivity index (χ0v) is 28.4. The fourth-order valence-corrected chi connectivity index (χ4v) is 7.73. The minimum Gasteiger partial charge on any atom is -0.454 e. The Balaban J connectivity index is 1.13. The van der Waals surface area contributed by atoms with Crippen molar-refractivity contribution in [1.82, 2.24) is 0 Å². The summed E-state index contributed by atoms with van der Waals surface area (Å²) in [5, 5.41) is 7.20.